The van der Waals surface area contributed by atoms with E-state index in [-0.39, 0.29) is 4.83 Å². The van der Waals surface area contributed by atoms with Gasteiger partial charge in [0.15, 0.2) is 0 Å². The molecule has 0 aliphatic carbocycles. The first-order chi connectivity index (χ1) is 9.36. The molecule has 1 atom stereocenters. The summed E-state index contributed by atoms with van der Waals surface area (Å²) >= 11 is 13.4. The highest BCUT2D eigenvalue weighted by molar-refractivity contribution is 9.10. The Kier molecular flexibility index (Phi) is 4.88. The van der Waals surface area contributed by atoms with E-state index < -0.39 is 0 Å². The summed E-state index contributed by atoms with van der Waals surface area (Å²) in [6.45, 7) is 5.99. The summed E-state index contributed by atoms with van der Waals surface area (Å²) in [6, 6.07) is 3.73. The van der Waals surface area contributed by atoms with Crippen LogP contribution in [0.1, 0.15) is 33.0 Å². The van der Waals surface area contributed by atoms with Crippen LogP contribution in [0.2, 0.25) is 5.02 Å². The van der Waals surface area contributed by atoms with Gasteiger partial charge in [-0.1, -0.05) is 27.5 Å². The summed E-state index contributed by atoms with van der Waals surface area (Å²) in [7, 11) is 1.65. The number of methoxy groups -OCH3 is 1. The van der Waals surface area contributed by atoms with Gasteiger partial charge in [-0.2, -0.15) is 0 Å². The van der Waals surface area contributed by atoms with Crippen LogP contribution < -0.4 is 4.74 Å². The molecule has 0 bridgehead atoms. The Morgan fingerprint density at radius 3 is 2.35 bits per heavy atom. The van der Waals surface area contributed by atoms with E-state index in [1.54, 1.807) is 7.11 Å². The summed E-state index contributed by atoms with van der Waals surface area (Å²) in [5.41, 5.74) is 3.23. The fourth-order valence-corrected chi connectivity index (χ4v) is 4.32. The van der Waals surface area contributed by atoms with Gasteiger partial charge in [-0.15, -0.1) is 0 Å². The van der Waals surface area contributed by atoms with Gasteiger partial charge in [0.2, 0.25) is 0 Å². The van der Waals surface area contributed by atoms with Gasteiger partial charge < -0.3 is 9.15 Å². The molecule has 0 aliphatic heterocycles. The molecule has 2 aromatic rings. The van der Waals surface area contributed by atoms with Gasteiger partial charge in [-0.05, 0) is 54.4 Å². The maximum atomic E-state index is 6.17. The molecule has 1 aromatic heterocycles. The van der Waals surface area contributed by atoms with Crippen molar-refractivity contribution in [2.75, 3.05) is 7.11 Å². The fraction of sp³-hybridized carbons (Fsp3) is 0.333. The Bertz CT molecular complexity index is 650. The van der Waals surface area contributed by atoms with E-state index in [0.29, 0.717) is 5.02 Å². The molecule has 20 heavy (non-hydrogen) atoms. The molecule has 0 aliphatic rings. The minimum Gasteiger partial charge on any atom is -0.495 e. The summed E-state index contributed by atoms with van der Waals surface area (Å²) in [4.78, 5) is -0.0371. The van der Waals surface area contributed by atoms with E-state index in [2.05, 4.69) is 38.8 Å². The molecule has 0 spiro atoms. The first kappa shape index (κ1) is 15.9. The van der Waals surface area contributed by atoms with Gasteiger partial charge in [-0.25, -0.2) is 0 Å². The predicted octanol–water partition coefficient (Wildman–Crippen LogP) is 6.11. The highest BCUT2D eigenvalue weighted by Crippen LogP contribution is 2.44. The number of hydrogen-bond donors (Lipinski definition) is 0. The van der Waals surface area contributed by atoms with Crippen LogP contribution in [0.4, 0.5) is 0 Å². The van der Waals surface area contributed by atoms with Crippen molar-refractivity contribution in [1.29, 1.82) is 0 Å². The van der Waals surface area contributed by atoms with E-state index in [0.717, 1.165) is 38.4 Å². The lowest BCUT2D eigenvalue weighted by atomic mass is 10.0. The van der Waals surface area contributed by atoms with Crippen molar-refractivity contribution >= 4 is 43.5 Å². The Morgan fingerprint density at radius 2 is 1.85 bits per heavy atom. The van der Waals surface area contributed by atoms with Crippen LogP contribution in [0.25, 0.3) is 0 Å². The zero-order chi connectivity index (χ0) is 15.0. The second-order valence-corrected chi connectivity index (χ2v) is 6.83. The molecule has 0 saturated heterocycles. The predicted molar refractivity (Wildman–Crippen MR) is 89.4 cm³/mol. The zero-order valence-corrected chi connectivity index (χ0v) is 15.6. The topological polar surface area (TPSA) is 22.4 Å². The number of alkyl halides is 1. The second kappa shape index (κ2) is 6.12. The van der Waals surface area contributed by atoms with Crippen LogP contribution in [0.5, 0.6) is 5.75 Å². The van der Waals surface area contributed by atoms with Crippen LogP contribution in [0, 0.1) is 20.8 Å². The smallest absolute Gasteiger partial charge is 0.137 e. The van der Waals surface area contributed by atoms with E-state index in [1.165, 1.54) is 0 Å². The summed E-state index contributed by atoms with van der Waals surface area (Å²) in [5.74, 6) is 2.61. The molecule has 1 unspecified atom stereocenters. The van der Waals surface area contributed by atoms with Crippen LogP contribution in [0.3, 0.4) is 0 Å². The molecule has 5 heteroatoms. The van der Waals surface area contributed by atoms with E-state index in [1.807, 2.05) is 26.0 Å². The zero-order valence-electron chi connectivity index (χ0n) is 11.7. The van der Waals surface area contributed by atoms with E-state index in [9.17, 15) is 0 Å². The SMILES string of the molecule is COc1c(Br)cc(Cl)cc1C(Br)c1c(C)oc(C)c1C. The Labute approximate surface area is 140 Å². The number of halogens is 3. The third-order valence-electron chi connectivity index (χ3n) is 3.39. The number of benzene rings is 1. The maximum Gasteiger partial charge on any atom is 0.137 e. The number of aryl methyl sites for hydroxylation is 2. The number of rotatable bonds is 3. The highest BCUT2D eigenvalue weighted by atomic mass is 79.9. The Hall–Kier alpha value is -0.450. The lowest BCUT2D eigenvalue weighted by Crippen LogP contribution is -2.00. The molecule has 0 N–H and O–H groups in total. The Morgan fingerprint density at radius 1 is 1.20 bits per heavy atom. The van der Waals surface area contributed by atoms with Crippen LogP contribution in [-0.4, -0.2) is 7.11 Å². The summed E-state index contributed by atoms with van der Waals surface area (Å²) < 4.78 is 12.0. The Balaban J connectivity index is 2.61. The monoisotopic (exact) mass is 420 g/mol. The van der Waals surface area contributed by atoms with Crippen molar-refractivity contribution in [2.24, 2.45) is 0 Å². The lowest BCUT2D eigenvalue weighted by molar-refractivity contribution is 0.407. The largest absolute Gasteiger partial charge is 0.495 e. The number of hydrogen-bond acceptors (Lipinski definition) is 2. The summed E-state index contributed by atoms with van der Waals surface area (Å²) in [6.07, 6.45) is 0. The first-order valence-corrected chi connectivity index (χ1v) is 8.19. The van der Waals surface area contributed by atoms with Gasteiger partial charge in [0.1, 0.15) is 17.3 Å². The molecule has 0 radical (unpaired) electrons. The normalized spacial score (nSPS) is 12.6. The molecular weight excluding hydrogens is 407 g/mol. The fourth-order valence-electron chi connectivity index (χ4n) is 2.32. The average molecular weight is 423 g/mol. The van der Waals surface area contributed by atoms with Crippen molar-refractivity contribution < 1.29 is 9.15 Å². The number of furan rings is 1. The molecule has 2 nitrogen and oxygen atoms in total. The van der Waals surface area contributed by atoms with Gasteiger partial charge in [0, 0.05) is 16.1 Å². The third kappa shape index (κ3) is 2.78. The minimum absolute atomic E-state index is 0.0371. The molecule has 2 rings (SSSR count). The van der Waals surface area contributed by atoms with Gasteiger partial charge >= 0.3 is 0 Å². The molecule has 0 saturated carbocycles. The molecule has 0 fully saturated rings. The highest BCUT2D eigenvalue weighted by Gasteiger charge is 2.24. The standard InChI is InChI=1S/C15H15Br2ClO2/c1-7-8(2)20-9(3)13(7)14(17)11-5-10(18)6-12(16)15(11)19-4/h5-6,14H,1-4H3. The van der Waals surface area contributed by atoms with Gasteiger partial charge in [0.25, 0.3) is 0 Å². The van der Waals surface area contributed by atoms with Gasteiger partial charge in [0.05, 0.1) is 16.4 Å². The molecule has 108 valence electrons. The van der Waals surface area contributed by atoms with E-state index in [4.69, 9.17) is 20.8 Å². The van der Waals surface area contributed by atoms with Crippen molar-refractivity contribution in [3.63, 3.8) is 0 Å². The minimum atomic E-state index is -0.0371. The lowest BCUT2D eigenvalue weighted by Gasteiger charge is -2.17. The third-order valence-corrected chi connectivity index (χ3v) is 5.14. The quantitative estimate of drug-likeness (QED) is 0.557. The van der Waals surface area contributed by atoms with Gasteiger partial charge in [-0.3, -0.25) is 0 Å². The van der Waals surface area contributed by atoms with Crippen molar-refractivity contribution in [3.05, 3.63) is 49.8 Å². The second-order valence-electron chi connectivity index (χ2n) is 4.63. The molecule has 0 amide bonds. The van der Waals surface area contributed by atoms with Crippen molar-refractivity contribution in [3.8, 4) is 5.75 Å². The molecule has 1 aromatic carbocycles. The van der Waals surface area contributed by atoms with Crippen LogP contribution in [-0.2, 0) is 0 Å². The molecule has 1 heterocycles. The van der Waals surface area contributed by atoms with Crippen LogP contribution >= 0.6 is 43.5 Å². The van der Waals surface area contributed by atoms with E-state index >= 15 is 0 Å². The van der Waals surface area contributed by atoms with Crippen molar-refractivity contribution in [2.45, 2.75) is 25.6 Å². The van der Waals surface area contributed by atoms with Crippen LogP contribution in [0.15, 0.2) is 21.0 Å². The maximum absolute atomic E-state index is 6.17. The first-order valence-electron chi connectivity index (χ1n) is 6.10. The summed E-state index contributed by atoms with van der Waals surface area (Å²) in [5, 5.41) is 0.660. The van der Waals surface area contributed by atoms with Crippen molar-refractivity contribution in [1.82, 2.24) is 0 Å². The number of ether oxygens (including phenoxy) is 1. The average Bonchev–Trinajstić information content (AvgIpc) is 2.61. The molecular formula is C15H15Br2ClO2.